The maximum Gasteiger partial charge on any atom is 0.341 e. The molecule has 0 amide bonds. The molecule has 2 aromatic heterocycles. The number of hydrogen-bond donors (Lipinski definition) is 2. The molecule has 3 aliphatic rings. The van der Waals surface area contributed by atoms with Crippen molar-refractivity contribution in [2.75, 3.05) is 18.0 Å². The van der Waals surface area contributed by atoms with Crippen LogP contribution in [0.1, 0.15) is 29.2 Å². The van der Waals surface area contributed by atoms with E-state index in [1.165, 1.54) is 17.0 Å². The van der Waals surface area contributed by atoms with Crippen molar-refractivity contribution in [1.29, 1.82) is 0 Å². The van der Waals surface area contributed by atoms with Gasteiger partial charge in [0.15, 0.2) is 0 Å². The Bertz CT molecular complexity index is 1120. The quantitative estimate of drug-likeness (QED) is 0.742. The van der Waals surface area contributed by atoms with E-state index in [4.69, 9.17) is 17.3 Å². The molecule has 29 heavy (non-hydrogen) atoms. The summed E-state index contributed by atoms with van der Waals surface area (Å²) in [6.45, 7) is 1.44. The van der Waals surface area contributed by atoms with Gasteiger partial charge in [-0.2, -0.15) is 0 Å². The molecule has 1 saturated heterocycles. The molecule has 1 aliphatic heterocycles. The summed E-state index contributed by atoms with van der Waals surface area (Å²) in [7, 11) is 0. The minimum Gasteiger partial charge on any atom is -0.477 e. The number of aromatic nitrogens is 2. The molecule has 2 fully saturated rings. The highest BCUT2D eigenvalue weighted by atomic mass is 35.5. The predicted octanol–water partition coefficient (Wildman–Crippen LogP) is 2.37. The number of carboxylic acids is 1. The minimum atomic E-state index is -1.35. The van der Waals surface area contributed by atoms with E-state index in [1.807, 2.05) is 6.08 Å². The second kappa shape index (κ2) is 6.53. The fraction of sp³-hybridized carbons (Fsp3) is 0.450. The Labute approximate surface area is 170 Å². The van der Waals surface area contributed by atoms with Crippen LogP contribution in [0.4, 0.5) is 10.2 Å². The summed E-state index contributed by atoms with van der Waals surface area (Å²) in [6.07, 6.45) is 6.81. The van der Waals surface area contributed by atoms with Crippen LogP contribution in [0.3, 0.4) is 0 Å². The number of allylic oxidation sites excluding steroid dienone is 1. The highest BCUT2D eigenvalue weighted by Crippen LogP contribution is 2.44. The minimum absolute atomic E-state index is 0.0203. The predicted molar refractivity (Wildman–Crippen MR) is 107 cm³/mol. The highest BCUT2D eigenvalue weighted by molar-refractivity contribution is 6.37. The molecule has 0 aromatic carbocycles. The molecule has 1 saturated carbocycles. The highest BCUT2D eigenvalue weighted by Gasteiger charge is 2.42. The molecule has 3 heterocycles. The summed E-state index contributed by atoms with van der Waals surface area (Å²) < 4.78 is 15.4. The van der Waals surface area contributed by atoms with Crippen LogP contribution in [0.25, 0.3) is 10.9 Å². The molecule has 152 valence electrons. The summed E-state index contributed by atoms with van der Waals surface area (Å²) in [4.78, 5) is 30.6. The average Bonchev–Trinajstić information content (AvgIpc) is 3.23. The zero-order chi connectivity index (χ0) is 20.4. The van der Waals surface area contributed by atoms with Crippen LogP contribution in [0, 0.1) is 11.8 Å². The summed E-state index contributed by atoms with van der Waals surface area (Å²) in [5.41, 5.74) is 5.50. The summed E-state index contributed by atoms with van der Waals surface area (Å²) in [5, 5.41) is 9.71. The Morgan fingerprint density at radius 1 is 1.38 bits per heavy atom. The van der Waals surface area contributed by atoms with Crippen molar-refractivity contribution in [3.05, 3.63) is 45.4 Å². The second-order valence-electron chi connectivity index (χ2n) is 8.13. The molecule has 0 spiro atoms. The van der Waals surface area contributed by atoms with E-state index >= 15 is 0 Å². The topological polar surface area (TPSA) is 101 Å². The van der Waals surface area contributed by atoms with Gasteiger partial charge in [0, 0.05) is 37.9 Å². The zero-order valence-electron chi connectivity index (χ0n) is 15.5. The van der Waals surface area contributed by atoms with Gasteiger partial charge < -0.3 is 20.3 Å². The number of anilines is 1. The van der Waals surface area contributed by atoms with Crippen molar-refractivity contribution in [3.63, 3.8) is 0 Å². The number of rotatable bonds is 3. The zero-order valence-corrected chi connectivity index (χ0v) is 16.2. The first-order valence-corrected chi connectivity index (χ1v) is 10.0. The van der Waals surface area contributed by atoms with Gasteiger partial charge in [0.25, 0.3) is 0 Å². The lowest BCUT2D eigenvalue weighted by Crippen LogP contribution is -2.35. The van der Waals surface area contributed by atoms with E-state index in [0.29, 0.717) is 29.7 Å². The van der Waals surface area contributed by atoms with Crippen molar-refractivity contribution in [3.8, 4) is 0 Å². The van der Waals surface area contributed by atoms with Crippen molar-refractivity contribution < 1.29 is 14.3 Å². The lowest BCUT2D eigenvalue weighted by atomic mass is 9.83. The average molecular weight is 419 g/mol. The number of halogens is 2. The molecule has 9 heteroatoms. The maximum absolute atomic E-state index is 13.9. The molecule has 3 N–H and O–H groups in total. The molecule has 2 aliphatic carbocycles. The third-order valence-corrected chi connectivity index (χ3v) is 6.69. The van der Waals surface area contributed by atoms with E-state index in [0.717, 1.165) is 13.0 Å². The SMILES string of the molecule is N[C@@H]1C=CC[C@@H]2CN(c3ncc4c(=O)c(C(=O)O)cn(C5CC5F)c4c3Cl)C[C@@H]21. The molecule has 5 atom stereocenters. The van der Waals surface area contributed by atoms with Gasteiger partial charge in [-0.05, 0) is 18.3 Å². The monoisotopic (exact) mass is 418 g/mol. The van der Waals surface area contributed by atoms with E-state index < -0.39 is 29.2 Å². The number of nitrogens with zero attached hydrogens (tertiary/aromatic N) is 3. The second-order valence-corrected chi connectivity index (χ2v) is 8.51. The van der Waals surface area contributed by atoms with E-state index in [9.17, 15) is 19.1 Å². The molecule has 0 radical (unpaired) electrons. The molecular formula is C20H20ClFN4O3. The number of alkyl halides is 1. The molecule has 2 unspecified atom stereocenters. The van der Waals surface area contributed by atoms with Crippen molar-refractivity contribution >= 4 is 34.3 Å². The number of pyridine rings is 2. The van der Waals surface area contributed by atoms with Crippen molar-refractivity contribution in [2.45, 2.75) is 31.1 Å². The third-order valence-electron chi connectivity index (χ3n) is 6.34. The van der Waals surface area contributed by atoms with Gasteiger partial charge in [-0.3, -0.25) is 4.79 Å². The van der Waals surface area contributed by atoms with Gasteiger partial charge >= 0.3 is 5.97 Å². The van der Waals surface area contributed by atoms with Gasteiger partial charge in [-0.25, -0.2) is 14.2 Å². The Kier molecular flexibility index (Phi) is 4.18. The number of carboxylic acid groups (broad SMARTS) is 1. The fourth-order valence-corrected chi connectivity index (χ4v) is 5.04. The smallest absolute Gasteiger partial charge is 0.341 e. The van der Waals surface area contributed by atoms with Crippen LogP contribution >= 0.6 is 11.6 Å². The molecule has 0 bridgehead atoms. The Morgan fingerprint density at radius 2 is 2.14 bits per heavy atom. The Morgan fingerprint density at radius 3 is 2.79 bits per heavy atom. The third kappa shape index (κ3) is 2.85. The summed E-state index contributed by atoms with van der Waals surface area (Å²) in [6, 6.07) is -0.546. The van der Waals surface area contributed by atoms with Gasteiger partial charge in [-0.15, -0.1) is 0 Å². The summed E-state index contributed by atoms with van der Waals surface area (Å²) >= 11 is 6.70. The molecule has 7 nitrogen and oxygen atoms in total. The van der Waals surface area contributed by atoms with Crippen molar-refractivity contribution in [1.82, 2.24) is 9.55 Å². The van der Waals surface area contributed by atoms with Crippen LogP contribution in [-0.2, 0) is 0 Å². The Hall–Kier alpha value is -2.45. The van der Waals surface area contributed by atoms with Gasteiger partial charge in [-0.1, -0.05) is 23.8 Å². The standard InChI is InChI=1S/C20H20ClFN4O3/c21-16-17-10(18(27)12(20(28)29)8-26(17)15-4-13(15)22)5-24-19(16)25-6-9-2-1-3-14(23)11(9)7-25/h1,3,5,8-9,11,13-15H,2,4,6-7,23H2,(H,28,29)/t9-,11+,13?,14-,15?/m1/s1. The van der Waals surface area contributed by atoms with E-state index in [-0.39, 0.29) is 22.9 Å². The number of fused-ring (bicyclic) bond motifs is 2. The first-order chi connectivity index (χ1) is 13.9. The number of nitrogens with two attached hydrogens (primary N) is 1. The fourth-order valence-electron chi connectivity index (χ4n) is 4.68. The first-order valence-electron chi connectivity index (χ1n) is 9.64. The van der Waals surface area contributed by atoms with Crippen LogP contribution in [0.15, 0.2) is 29.3 Å². The van der Waals surface area contributed by atoms with Crippen LogP contribution in [0.5, 0.6) is 0 Å². The van der Waals surface area contributed by atoms with Crippen molar-refractivity contribution in [2.24, 2.45) is 17.6 Å². The normalized spacial score (nSPS) is 30.6. The van der Waals surface area contributed by atoms with Gasteiger partial charge in [0.1, 0.15) is 22.6 Å². The maximum atomic E-state index is 13.9. The number of carbonyl (C=O) groups is 1. The van der Waals surface area contributed by atoms with Crippen LogP contribution in [0.2, 0.25) is 5.02 Å². The van der Waals surface area contributed by atoms with Crippen LogP contribution in [-0.4, -0.2) is 45.9 Å². The van der Waals surface area contributed by atoms with E-state index in [1.54, 1.807) is 0 Å². The van der Waals surface area contributed by atoms with Gasteiger partial charge in [0.2, 0.25) is 5.43 Å². The molecular weight excluding hydrogens is 399 g/mol. The summed E-state index contributed by atoms with van der Waals surface area (Å²) in [5.74, 6) is -0.136. The lowest BCUT2D eigenvalue weighted by Gasteiger charge is -2.25. The van der Waals surface area contributed by atoms with E-state index in [2.05, 4.69) is 16.0 Å². The molecule has 5 rings (SSSR count). The lowest BCUT2D eigenvalue weighted by molar-refractivity contribution is 0.0694. The number of hydrogen-bond acceptors (Lipinski definition) is 5. The largest absolute Gasteiger partial charge is 0.477 e. The first kappa shape index (κ1) is 18.6. The molecule has 2 aromatic rings. The van der Waals surface area contributed by atoms with Crippen LogP contribution < -0.4 is 16.1 Å². The van der Waals surface area contributed by atoms with Gasteiger partial charge in [0.05, 0.1) is 16.9 Å². The Balaban J connectivity index is 1.64. The number of aromatic carboxylic acids is 1.